The Hall–Kier alpha value is -2.85. The second-order valence-electron chi connectivity index (χ2n) is 7.37. The van der Waals surface area contributed by atoms with Crippen molar-refractivity contribution >= 4 is 40.8 Å². The molecule has 4 rings (SSSR count). The van der Waals surface area contributed by atoms with Gasteiger partial charge in [0, 0.05) is 11.3 Å². The van der Waals surface area contributed by atoms with E-state index in [-0.39, 0.29) is 23.0 Å². The highest BCUT2D eigenvalue weighted by atomic mass is 35.5. The van der Waals surface area contributed by atoms with Crippen molar-refractivity contribution in [2.24, 2.45) is 0 Å². The highest BCUT2D eigenvalue weighted by molar-refractivity contribution is 7.98. The molecule has 2 atom stereocenters. The molecule has 0 bridgehead atoms. The number of thioether (sulfide) groups is 1. The van der Waals surface area contributed by atoms with Crippen LogP contribution in [0.5, 0.6) is 5.75 Å². The summed E-state index contributed by atoms with van der Waals surface area (Å²) in [7, 11) is 1.51. The van der Waals surface area contributed by atoms with Gasteiger partial charge < -0.3 is 15.4 Å². The number of nitrogens with zero attached hydrogens (tertiary/aromatic N) is 2. The standard InChI is InChI=1S/C22H20ClF3N4O2S/c1-32-13-9-7-12(8-10-13)15-11-17(22(24,25)26)30-20(27-15)18(23)19(29-30)21(31)28-14-5-3-4-6-16(14)33-2/h3-10,15,17,27H,11H2,1-2H3,(H,28,31)/t15-,17-/m1/s1. The molecule has 1 aliphatic rings. The number of para-hydroxylation sites is 1. The number of carbonyl (C=O) groups excluding carboxylic acids is 1. The molecule has 0 saturated heterocycles. The molecule has 1 amide bonds. The second kappa shape index (κ2) is 9.18. The fourth-order valence-corrected chi connectivity index (χ4v) is 4.54. The molecular weight excluding hydrogens is 477 g/mol. The Morgan fingerprint density at radius 1 is 1.24 bits per heavy atom. The van der Waals surface area contributed by atoms with E-state index >= 15 is 0 Å². The first kappa shape index (κ1) is 23.3. The number of hydrogen-bond acceptors (Lipinski definition) is 5. The summed E-state index contributed by atoms with van der Waals surface area (Å²) in [4.78, 5) is 13.7. The van der Waals surface area contributed by atoms with Crippen molar-refractivity contribution in [1.82, 2.24) is 9.78 Å². The topological polar surface area (TPSA) is 68.2 Å². The highest BCUT2D eigenvalue weighted by Gasteiger charge is 2.47. The molecule has 2 heterocycles. The van der Waals surface area contributed by atoms with Gasteiger partial charge in [-0.25, -0.2) is 4.68 Å². The fourth-order valence-electron chi connectivity index (χ4n) is 3.72. The zero-order chi connectivity index (χ0) is 23.8. The Kier molecular flexibility index (Phi) is 6.49. The van der Waals surface area contributed by atoms with Crippen molar-refractivity contribution in [3.05, 3.63) is 64.8 Å². The van der Waals surface area contributed by atoms with Crippen molar-refractivity contribution in [1.29, 1.82) is 0 Å². The number of methoxy groups -OCH3 is 1. The molecular formula is C22H20ClF3N4O2S. The minimum Gasteiger partial charge on any atom is -0.497 e. The molecule has 1 aromatic heterocycles. The molecule has 0 spiro atoms. The van der Waals surface area contributed by atoms with Gasteiger partial charge >= 0.3 is 6.18 Å². The quantitative estimate of drug-likeness (QED) is 0.413. The van der Waals surface area contributed by atoms with Crippen LogP contribution in [0.15, 0.2) is 53.4 Å². The number of aromatic nitrogens is 2. The van der Waals surface area contributed by atoms with Gasteiger partial charge in [-0.1, -0.05) is 35.9 Å². The normalized spacial score (nSPS) is 17.8. The van der Waals surface area contributed by atoms with Crippen molar-refractivity contribution in [3.8, 4) is 5.75 Å². The number of ether oxygens (including phenoxy) is 1. The van der Waals surface area contributed by atoms with Gasteiger partial charge in [-0.3, -0.25) is 4.79 Å². The number of amides is 1. The minimum atomic E-state index is -4.59. The molecule has 0 unspecified atom stereocenters. The molecule has 33 heavy (non-hydrogen) atoms. The van der Waals surface area contributed by atoms with Gasteiger partial charge in [0.2, 0.25) is 0 Å². The Labute approximate surface area is 197 Å². The first-order valence-corrected chi connectivity index (χ1v) is 11.5. The molecule has 11 heteroatoms. The van der Waals surface area contributed by atoms with Gasteiger partial charge in [-0.2, -0.15) is 18.3 Å². The number of fused-ring (bicyclic) bond motifs is 1. The summed E-state index contributed by atoms with van der Waals surface area (Å²) in [6.45, 7) is 0. The van der Waals surface area contributed by atoms with Crippen LogP contribution < -0.4 is 15.4 Å². The SMILES string of the molecule is COc1ccc([C@H]2C[C@H](C(F)(F)F)n3nc(C(=O)Nc4ccccc4SC)c(Cl)c3N2)cc1. The molecule has 0 radical (unpaired) electrons. The van der Waals surface area contributed by atoms with E-state index in [1.807, 2.05) is 18.4 Å². The molecule has 0 aliphatic carbocycles. The largest absolute Gasteiger partial charge is 0.497 e. The van der Waals surface area contributed by atoms with Crippen LogP contribution in [0, 0.1) is 0 Å². The molecule has 174 valence electrons. The third-order valence-corrected chi connectivity index (χ3v) is 6.54. The molecule has 0 saturated carbocycles. The first-order valence-electron chi connectivity index (χ1n) is 9.92. The van der Waals surface area contributed by atoms with Gasteiger partial charge in [0.1, 0.15) is 16.6 Å². The maximum absolute atomic E-state index is 14.0. The van der Waals surface area contributed by atoms with Crippen LogP contribution in [0.2, 0.25) is 5.02 Å². The van der Waals surface area contributed by atoms with Gasteiger partial charge in [0.05, 0.1) is 18.8 Å². The molecule has 1 aliphatic heterocycles. The highest BCUT2D eigenvalue weighted by Crippen LogP contribution is 2.46. The third kappa shape index (κ3) is 4.63. The lowest BCUT2D eigenvalue weighted by Gasteiger charge is -2.33. The van der Waals surface area contributed by atoms with Gasteiger partial charge in [0.25, 0.3) is 5.91 Å². The van der Waals surface area contributed by atoms with E-state index in [4.69, 9.17) is 16.3 Å². The fraction of sp³-hybridized carbons (Fsp3) is 0.273. The van der Waals surface area contributed by atoms with Crippen LogP contribution in [0.1, 0.15) is 34.6 Å². The number of benzene rings is 2. The lowest BCUT2D eigenvalue weighted by Crippen LogP contribution is -2.35. The average Bonchev–Trinajstić information content (AvgIpc) is 3.14. The summed E-state index contributed by atoms with van der Waals surface area (Å²) in [6.07, 6.45) is -3.04. The van der Waals surface area contributed by atoms with E-state index in [0.717, 1.165) is 9.58 Å². The number of carbonyl (C=O) groups is 1. The maximum atomic E-state index is 14.0. The Morgan fingerprint density at radius 3 is 2.58 bits per heavy atom. The Morgan fingerprint density at radius 2 is 1.94 bits per heavy atom. The summed E-state index contributed by atoms with van der Waals surface area (Å²) >= 11 is 7.82. The Balaban J connectivity index is 1.69. The number of hydrogen-bond donors (Lipinski definition) is 2. The van der Waals surface area contributed by atoms with Crippen LogP contribution in [-0.4, -0.2) is 35.2 Å². The smallest absolute Gasteiger partial charge is 0.410 e. The lowest BCUT2D eigenvalue weighted by atomic mass is 9.97. The summed E-state index contributed by atoms with van der Waals surface area (Å²) in [5, 5.41) is 9.52. The van der Waals surface area contributed by atoms with Gasteiger partial charge in [0.15, 0.2) is 11.7 Å². The number of alkyl halides is 3. The zero-order valence-corrected chi connectivity index (χ0v) is 19.2. The zero-order valence-electron chi connectivity index (χ0n) is 17.6. The summed E-state index contributed by atoms with van der Waals surface area (Å²) in [5.74, 6) is -0.143. The number of anilines is 2. The minimum absolute atomic E-state index is 0.0469. The summed E-state index contributed by atoms with van der Waals surface area (Å²) in [5.41, 5.74) is 0.877. The van der Waals surface area contributed by atoms with Crippen molar-refractivity contribution in [2.45, 2.75) is 29.6 Å². The van der Waals surface area contributed by atoms with Crippen molar-refractivity contribution in [2.75, 3.05) is 24.0 Å². The molecule has 6 nitrogen and oxygen atoms in total. The maximum Gasteiger partial charge on any atom is 0.410 e. The lowest BCUT2D eigenvalue weighted by molar-refractivity contribution is -0.173. The van der Waals surface area contributed by atoms with E-state index < -0.39 is 24.2 Å². The van der Waals surface area contributed by atoms with Crippen LogP contribution in [-0.2, 0) is 0 Å². The monoisotopic (exact) mass is 496 g/mol. The van der Waals surface area contributed by atoms with Gasteiger partial charge in [-0.05, 0) is 36.1 Å². The van der Waals surface area contributed by atoms with E-state index in [1.54, 1.807) is 36.4 Å². The van der Waals surface area contributed by atoms with Crippen LogP contribution in [0.25, 0.3) is 0 Å². The van der Waals surface area contributed by atoms with Crippen molar-refractivity contribution in [3.63, 3.8) is 0 Å². The van der Waals surface area contributed by atoms with E-state index in [1.165, 1.54) is 18.9 Å². The van der Waals surface area contributed by atoms with Gasteiger partial charge in [-0.15, -0.1) is 11.8 Å². The van der Waals surface area contributed by atoms with E-state index in [2.05, 4.69) is 15.7 Å². The molecule has 2 N–H and O–H groups in total. The van der Waals surface area contributed by atoms with Crippen LogP contribution in [0.3, 0.4) is 0 Å². The van der Waals surface area contributed by atoms with Crippen LogP contribution in [0.4, 0.5) is 24.7 Å². The summed E-state index contributed by atoms with van der Waals surface area (Å²) in [6, 6.07) is 11.2. The Bertz CT molecular complexity index is 1170. The van der Waals surface area contributed by atoms with E-state index in [9.17, 15) is 18.0 Å². The summed E-state index contributed by atoms with van der Waals surface area (Å²) < 4.78 is 47.8. The molecule has 3 aromatic rings. The van der Waals surface area contributed by atoms with E-state index in [0.29, 0.717) is 17.0 Å². The molecule has 2 aromatic carbocycles. The predicted octanol–water partition coefficient (Wildman–Crippen LogP) is 6.18. The number of halogens is 4. The third-order valence-electron chi connectivity index (χ3n) is 5.38. The predicted molar refractivity (Wildman–Crippen MR) is 122 cm³/mol. The van der Waals surface area contributed by atoms with Crippen LogP contribution >= 0.6 is 23.4 Å². The number of rotatable bonds is 5. The average molecular weight is 497 g/mol. The number of nitrogens with one attached hydrogen (secondary N) is 2. The molecule has 0 fully saturated rings. The van der Waals surface area contributed by atoms with Crippen molar-refractivity contribution < 1.29 is 22.7 Å². The second-order valence-corrected chi connectivity index (χ2v) is 8.60. The first-order chi connectivity index (χ1) is 15.7.